The molecule has 102 valence electrons. The van der Waals surface area contributed by atoms with E-state index >= 15 is 0 Å². The fourth-order valence-corrected chi connectivity index (χ4v) is 1.73. The van der Waals surface area contributed by atoms with Gasteiger partial charge in [0.05, 0.1) is 13.2 Å². The minimum absolute atomic E-state index is 0.259. The summed E-state index contributed by atoms with van der Waals surface area (Å²) >= 11 is 0. The first-order chi connectivity index (χ1) is 8.52. The molecule has 0 amide bonds. The Balaban J connectivity index is 2.52. The lowest BCUT2D eigenvalue weighted by Gasteiger charge is -2.21. The second-order valence-electron chi connectivity index (χ2n) is 4.22. The molecule has 0 aliphatic carbocycles. The summed E-state index contributed by atoms with van der Waals surface area (Å²) < 4.78 is 29.7. The Morgan fingerprint density at radius 2 is 1.83 bits per heavy atom. The van der Waals surface area contributed by atoms with E-state index in [1.165, 1.54) is 4.90 Å². The second kappa shape index (κ2) is 7.28. The zero-order valence-electron chi connectivity index (χ0n) is 10.8. The fourth-order valence-electron chi connectivity index (χ4n) is 1.73. The number of alkyl halides is 2. The van der Waals surface area contributed by atoms with Gasteiger partial charge >= 0.3 is 0 Å². The molecule has 0 aliphatic heterocycles. The number of ether oxygens (including phenoxy) is 1. The molecule has 0 bridgehead atoms. The lowest BCUT2D eigenvalue weighted by Crippen LogP contribution is -2.32. The number of rotatable bonds is 7. The van der Waals surface area contributed by atoms with E-state index in [4.69, 9.17) is 10.5 Å². The molecule has 0 heterocycles. The van der Waals surface area contributed by atoms with Crippen LogP contribution in [0.2, 0.25) is 0 Å². The molecule has 1 atom stereocenters. The van der Waals surface area contributed by atoms with Crippen LogP contribution in [0.25, 0.3) is 0 Å². The molecule has 0 spiro atoms. The van der Waals surface area contributed by atoms with E-state index in [0.29, 0.717) is 13.2 Å². The van der Waals surface area contributed by atoms with E-state index in [-0.39, 0.29) is 12.6 Å². The Bertz CT molecular complexity index is 343. The van der Waals surface area contributed by atoms with Gasteiger partial charge in [-0.2, -0.15) is 0 Å². The summed E-state index contributed by atoms with van der Waals surface area (Å²) in [5, 5.41) is 0. The van der Waals surface area contributed by atoms with E-state index in [2.05, 4.69) is 0 Å². The molecule has 5 heteroatoms. The molecule has 1 rings (SSSR count). The number of likely N-dealkylation sites (N-methyl/N-ethyl adjacent to an activating group) is 1. The molecule has 0 aromatic heterocycles. The highest BCUT2D eigenvalue weighted by molar-refractivity contribution is 5.29. The molecule has 18 heavy (non-hydrogen) atoms. The summed E-state index contributed by atoms with van der Waals surface area (Å²) in [5.74, 6) is 0.786. The largest absolute Gasteiger partial charge is 0.494 e. The van der Waals surface area contributed by atoms with Crippen molar-refractivity contribution in [2.75, 3.05) is 26.7 Å². The summed E-state index contributed by atoms with van der Waals surface area (Å²) in [7, 11) is 1.64. The third kappa shape index (κ3) is 4.98. The van der Waals surface area contributed by atoms with Gasteiger partial charge in [0.2, 0.25) is 0 Å². The maximum absolute atomic E-state index is 12.2. The normalized spacial score (nSPS) is 13.1. The molecule has 1 aromatic rings. The third-order valence-electron chi connectivity index (χ3n) is 2.58. The zero-order chi connectivity index (χ0) is 13.5. The van der Waals surface area contributed by atoms with Crippen LogP contribution in [0.5, 0.6) is 5.75 Å². The van der Waals surface area contributed by atoms with Crippen LogP contribution < -0.4 is 10.5 Å². The van der Waals surface area contributed by atoms with Gasteiger partial charge in [0.15, 0.2) is 0 Å². The van der Waals surface area contributed by atoms with Crippen molar-refractivity contribution in [3.05, 3.63) is 29.8 Å². The van der Waals surface area contributed by atoms with Crippen molar-refractivity contribution in [3.8, 4) is 5.75 Å². The van der Waals surface area contributed by atoms with Gasteiger partial charge in [0.1, 0.15) is 5.75 Å². The van der Waals surface area contributed by atoms with Gasteiger partial charge in [0.25, 0.3) is 6.43 Å². The first kappa shape index (κ1) is 14.9. The lowest BCUT2D eigenvalue weighted by atomic mass is 10.1. The highest BCUT2D eigenvalue weighted by Crippen LogP contribution is 2.17. The number of benzene rings is 1. The minimum Gasteiger partial charge on any atom is -0.494 e. The van der Waals surface area contributed by atoms with Crippen molar-refractivity contribution in [2.24, 2.45) is 5.73 Å². The first-order valence-corrected chi connectivity index (χ1v) is 5.98. The maximum atomic E-state index is 12.2. The summed E-state index contributed by atoms with van der Waals surface area (Å²) in [6.45, 7) is 2.67. The molecular formula is C13H20F2N2O. The maximum Gasteiger partial charge on any atom is 0.251 e. The Kier molecular flexibility index (Phi) is 6.01. The van der Waals surface area contributed by atoms with Crippen LogP contribution in [-0.2, 0) is 0 Å². The van der Waals surface area contributed by atoms with Crippen molar-refractivity contribution in [2.45, 2.75) is 19.4 Å². The first-order valence-electron chi connectivity index (χ1n) is 5.98. The van der Waals surface area contributed by atoms with Gasteiger partial charge in [-0.05, 0) is 31.7 Å². The number of hydrogen-bond acceptors (Lipinski definition) is 3. The predicted octanol–water partition coefficient (Wildman–Crippen LogP) is 2.28. The van der Waals surface area contributed by atoms with Crippen molar-refractivity contribution in [1.29, 1.82) is 0 Å². The van der Waals surface area contributed by atoms with E-state index < -0.39 is 6.43 Å². The lowest BCUT2D eigenvalue weighted by molar-refractivity contribution is 0.0978. The molecule has 0 radical (unpaired) electrons. The van der Waals surface area contributed by atoms with Gasteiger partial charge in [0, 0.05) is 12.6 Å². The molecule has 0 saturated heterocycles. The smallest absolute Gasteiger partial charge is 0.251 e. The average molecular weight is 258 g/mol. The number of nitrogens with zero attached hydrogens (tertiary/aromatic N) is 1. The van der Waals surface area contributed by atoms with Crippen LogP contribution in [0.4, 0.5) is 8.78 Å². The van der Waals surface area contributed by atoms with Crippen LogP contribution in [0.3, 0.4) is 0 Å². The Morgan fingerprint density at radius 1 is 1.22 bits per heavy atom. The van der Waals surface area contributed by atoms with Crippen molar-refractivity contribution in [3.63, 3.8) is 0 Å². The number of nitrogens with two attached hydrogens (primary N) is 1. The van der Waals surface area contributed by atoms with Crippen LogP contribution in [0.15, 0.2) is 24.3 Å². The molecule has 1 aromatic carbocycles. The quantitative estimate of drug-likeness (QED) is 0.815. The van der Waals surface area contributed by atoms with E-state index in [0.717, 1.165) is 11.3 Å². The second-order valence-corrected chi connectivity index (χ2v) is 4.22. The highest BCUT2D eigenvalue weighted by Gasteiger charge is 2.13. The molecule has 0 aliphatic rings. The molecule has 3 nitrogen and oxygen atoms in total. The Morgan fingerprint density at radius 3 is 2.33 bits per heavy atom. The van der Waals surface area contributed by atoms with Gasteiger partial charge < -0.3 is 10.5 Å². The van der Waals surface area contributed by atoms with Gasteiger partial charge in [-0.3, -0.25) is 4.90 Å². The van der Waals surface area contributed by atoms with Crippen molar-refractivity contribution < 1.29 is 13.5 Å². The van der Waals surface area contributed by atoms with Crippen molar-refractivity contribution >= 4 is 0 Å². The van der Waals surface area contributed by atoms with Crippen LogP contribution in [0.1, 0.15) is 18.5 Å². The molecule has 0 saturated carbocycles. The summed E-state index contributed by atoms with van der Waals surface area (Å²) in [5.41, 5.74) is 6.88. The Labute approximate surface area is 107 Å². The monoisotopic (exact) mass is 258 g/mol. The minimum atomic E-state index is -2.33. The Hall–Kier alpha value is -1.20. The van der Waals surface area contributed by atoms with Gasteiger partial charge in [-0.25, -0.2) is 8.78 Å². The SMILES string of the molecule is CCOc1ccc(C(N)CN(C)CC(F)F)cc1. The molecule has 1 unspecified atom stereocenters. The van der Waals surface area contributed by atoms with Crippen LogP contribution in [0, 0.1) is 0 Å². The summed E-state index contributed by atoms with van der Waals surface area (Å²) in [6.07, 6.45) is -2.33. The predicted molar refractivity (Wildman–Crippen MR) is 68.0 cm³/mol. The van der Waals surface area contributed by atoms with Crippen LogP contribution in [-0.4, -0.2) is 38.1 Å². The van der Waals surface area contributed by atoms with E-state index in [9.17, 15) is 8.78 Å². The summed E-state index contributed by atoms with van der Waals surface area (Å²) in [6, 6.07) is 7.14. The highest BCUT2D eigenvalue weighted by atomic mass is 19.3. The molecule has 0 fully saturated rings. The number of hydrogen-bond donors (Lipinski definition) is 1. The summed E-state index contributed by atoms with van der Waals surface area (Å²) in [4.78, 5) is 1.53. The zero-order valence-corrected chi connectivity index (χ0v) is 10.8. The standard InChI is InChI=1S/C13H20F2N2O/c1-3-18-11-6-4-10(5-7-11)12(16)8-17(2)9-13(14)15/h4-7,12-13H,3,8-9,16H2,1-2H3. The molecule has 2 N–H and O–H groups in total. The topological polar surface area (TPSA) is 38.5 Å². The average Bonchev–Trinajstić information content (AvgIpc) is 2.29. The molecular weight excluding hydrogens is 238 g/mol. The van der Waals surface area contributed by atoms with Crippen molar-refractivity contribution in [1.82, 2.24) is 4.90 Å². The van der Waals surface area contributed by atoms with E-state index in [1.54, 1.807) is 7.05 Å². The van der Waals surface area contributed by atoms with E-state index in [1.807, 2.05) is 31.2 Å². The van der Waals surface area contributed by atoms with Crippen LogP contribution >= 0.6 is 0 Å². The third-order valence-corrected chi connectivity index (χ3v) is 2.58. The van der Waals surface area contributed by atoms with Gasteiger partial charge in [-0.1, -0.05) is 12.1 Å². The van der Waals surface area contributed by atoms with Gasteiger partial charge in [-0.15, -0.1) is 0 Å². The fraction of sp³-hybridized carbons (Fsp3) is 0.538. The number of halogens is 2.